The summed E-state index contributed by atoms with van der Waals surface area (Å²) in [5.74, 6) is 0. The summed E-state index contributed by atoms with van der Waals surface area (Å²) in [5, 5.41) is 0. The van der Waals surface area contributed by atoms with Gasteiger partial charge in [0.15, 0.2) is 0 Å². The van der Waals surface area contributed by atoms with Crippen molar-refractivity contribution in [2.24, 2.45) is 0 Å². The first kappa shape index (κ1) is 16.5. The second-order valence-corrected chi connectivity index (χ2v) is 6.09. The maximum absolute atomic E-state index is 11.7. The highest BCUT2D eigenvalue weighted by molar-refractivity contribution is 5.77. The summed E-state index contributed by atoms with van der Waals surface area (Å²) in [7, 11) is 0. The van der Waals surface area contributed by atoms with E-state index in [0.717, 1.165) is 16.7 Å². The van der Waals surface area contributed by atoms with Crippen molar-refractivity contribution in [2.45, 2.75) is 0 Å². The van der Waals surface area contributed by atoms with Crippen LogP contribution in [0.15, 0.2) is 87.2 Å². The fraction of sp³-hybridized carbons (Fsp3) is 0. The highest BCUT2D eigenvalue weighted by Crippen LogP contribution is 2.29. The smallest absolute Gasteiger partial charge is 0.248 e. The summed E-state index contributed by atoms with van der Waals surface area (Å²) in [4.78, 5) is 43.5. The summed E-state index contributed by atoms with van der Waals surface area (Å²) in [5.41, 5.74) is 3.58. The Labute approximate surface area is 153 Å². The van der Waals surface area contributed by atoms with Gasteiger partial charge < -0.3 is 15.0 Å². The first-order valence-electron chi connectivity index (χ1n) is 8.33. The highest BCUT2D eigenvalue weighted by atomic mass is 16.1. The number of benzene rings is 1. The Balaban J connectivity index is 1.98. The molecule has 0 fully saturated rings. The fourth-order valence-corrected chi connectivity index (χ4v) is 2.94. The molecule has 0 radical (unpaired) electrons. The molecular weight excluding hydrogens is 342 g/mol. The van der Waals surface area contributed by atoms with E-state index in [1.165, 1.54) is 18.2 Å². The van der Waals surface area contributed by atoms with E-state index in [9.17, 15) is 14.4 Å². The van der Waals surface area contributed by atoms with Gasteiger partial charge in [0, 0.05) is 35.3 Å². The molecule has 3 aromatic heterocycles. The topological polar surface area (TPSA) is 98.6 Å². The summed E-state index contributed by atoms with van der Waals surface area (Å²) < 4.78 is 0. The lowest BCUT2D eigenvalue weighted by molar-refractivity contribution is 1.22. The quantitative estimate of drug-likeness (QED) is 0.526. The lowest BCUT2D eigenvalue weighted by Crippen LogP contribution is -2.06. The molecular formula is C21H15N3O3. The van der Waals surface area contributed by atoms with Crippen LogP contribution < -0.4 is 16.7 Å². The number of pyridine rings is 3. The van der Waals surface area contributed by atoms with Crippen molar-refractivity contribution in [3.8, 4) is 33.8 Å². The minimum absolute atomic E-state index is 0.208. The summed E-state index contributed by atoms with van der Waals surface area (Å²) in [6, 6.07) is 20.4. The molecule has 0 saturated heterocycles. The van der Waals surface area contributed by atoms with E-state index in [1.807, 2.05) is 18.2 Å². The predicted molar refractivity (Wildman–Crippen MR) is 105 cm³/mol. The van der Waals surface area contributed by atoms with Gasteiger partial charge in [-0.25, -0.2) is 0 Å². The molecule has 0 amide bonds. The number of rotatable bonds is 3. The van der Waals surface area contributed by atoms with E-state index in [-0.39, 0.29) is 16.7 Å². The SMILES string of the molecule is O=c1cccc(-c2cc(-c3cccc(=O)[nH]3)cc(-c3cccc(=O)[nH]3)c2)[nH]1. The molecule has 0 aliphatic carbocycles. The van der Waals surface area contributed by atoms with Gasteiger partial charge in [-0.05, 0) is 53.1 Å². The molecule has 0 aliphatic heterocycles. The van der Waals surface area contributed by atoms with Gasteiger partial charge >= 0.3 is 0 Å². The third-order valence-corrected chi connectivity index (χ3v) is 4.17. The van der Waals surface area contributed by atoms with Gasteiger partial charge in [-0.3, -0.25) is 14.4 Å². The molecule has 6 heteroatoms. The van der Waals surface area contributed by atoms with Crippen LogP contribution in [0.4, 0.5) is 0 Å². The molecule has 0 spiro atoms. The lowest BCUT2D eigenvalue weighted by atomic mass is 9.99. The maximum atomic E-state index is 11.7. The number of aromatic amines is 3. The molecule has 3 N–H and O–H groups in total. The first-order valence-corrected chi connectivity index (χ1v) is 8.33. The second kappa shape index (κ2) is 6.76. The zero-order chi connectivity index (χ0) is 18.8. The van der Waals surface area contributed by atoms with Crippen LogP contribution in [0.1, 0.15) is 0 Å². The fourth-order valence-electron chi connectivity index (χ4n) is 2.94. The van der Waals surface area contributed by atoms with Crippen molar-refractivity contribution in [3.05, 3.63) is 104 Å². The van der Waals surface area contributed by atoms with E-state index in [0.29, 0.717) is 17.1 Å². The Morgan fingerprint density at radius 2 is 0.741 bits per heavy atom. The van der Waals surface area contributed by atoms with E-state index in [4.69, 9.17) is 0 Å². The van der Waals surface area contributed by atoms with Crippen molar-refractivity contribution in [3.63, 3.8) is 0 Å². The van der Waals surface area contributed by atoms with Crippen molar-refractivity contribution in [1.82, 2.24) is 15.0 Å². The molecule has 0 unspecified atom stereocenters. The van der Waals surface area contributed by atoms with Crippen LogP contribution in [-0.4, -0.2) is 15.0 Å². The van der Waals surface area contributed by atoms with Gasteiger partial charge in [-0.15, -0.1) is 0 Å². The van der Waals surface area contributed by atoms with Gasteiger partial charge in [0.1, 0.15) is 0 Å². The number of hydrogen-bond acceptors (Lipinski definition) is 3. The van der Waals surface area contributed by atoms with Gasteiger partial charge in [0.2, 0.25) is 16.7 Å². The van der Waals surface area contributed by atoms with Crippen LogP contribution in [0.5, 0.6) is 0 Å². The predicted octanol–water partition coefficient (Wildman–Crippen LogP) is 2.75. The van der Waals surface area contributed by atoms with Gasteiger partial charge in [0.25, 0.3) is 0 Å². The molecule has 0 atom stereocenters. The van der Waals surface area contributed by atoms with E-state index in [1.54, 1.807) is 36.4 Å². The standard InChI is InChI=1S/C21H15N3O3/c25-19-7-1-4-16(22-19)13-10-14(17-5-2-8-20(26)23-17)12-15(11-13)18-6-3-9-21(27)24-18/h1-12H,(H,22,25)(H,23,26)(H,24,27). The molecule has 3 heterocycles. The molecule has 132 valence electrons. The number of aromatic nitrogens is 3. The van der Waals surface area contributed by atoms with Crippen molar-refractivity contribution >= 4 is 0 Å². The monoisotopic (exact) mass is 357 g/mol. The minimum Gasteiger partial charge on any atom is -0.322 e. The van der Waals surface area contributed by atoms with Crippen LogP contribution in [0.3, 0.4) is 0 Å². The Morgan fingerprint density at radius 1 is 0.444 bits per heavy atom. The zero-order valence-electron chi connectivity index (χ0n) is 14.2. The number of nitrogens with one attached hydrogen (secondary N) is 3. The molecule has 27 heavy (non-hydrogen) atoms. The molecule has 0 aliphatic rings. The molecule has 1 aromatic carbocycles. The largest absolute Gasteiger partial charge is 0.322 e. The van der Waals surface area contributed by atoms with E-state index < -0.39 is 0 Å². The molecule has 4 aromatic rings. The van der Waals surface area contributed by atoms with Crippen LogP contribution in [0, 0.1) is 0 Å². The average molecular weight is 357 g/mol. The Hall–Kier alpha value is -3.93. The zero-order valence-corrected chi connectivity index (χ0v) is 14.2. The summed E-state index contributed by atoms with van der Waals surface area (Å²) in [6.07, 6.45) is 0. The molecule has 4 rings (SSSR count). The highest BCUT2D eigenvalue weighted by Gasteiger charge is 2.09. The normalized spacial score (nSPS) is 10.7. The molecule has 0 bridgehead atoms. The average Bonchev–Trinajstić information content (AvgIpc) is 2.68. The van der Waals surface area contributed by atoms with Crippen LogP contribution in [0.2, 0.25) is 0 Å². The minimum atomic E-state index is -0.208. The summed E-state index contributed by atoms with van der Waals surface area (Å²) >= 11 is 0. The number of hydrogen-bond donors (Lipinski definition) is 3. The van der Waals surface area contributed by atoms with Crippen LogP contribution in [0.25, 0.3) is 33.8 Å². The molecule has 6 nitrogen and oxygen atoms in total. The third-order valence-electron chi connectivity index (χ3n) is 4.17. The molecule has 0 saturated carbocycles. The Bertz CT molecular complexity index is 1130. The van der Waals surface area contributed by atoms with Gasteiger partial charge in [-0.1, -0.05) is 18.2 Å². The second-order valence-electron chi connectivity index (χ2n) is 6.09. The maximum Gasteiger partial charge on any atom is 0.248 e. The number of H-pyrrole nitrogens is 3. The Kier molecular flexibility index (Phi) is 4.14. The van der Waals surface area contributed by atoms with Crippen molar-refractivity contribution in [2.75, 3.05) is 0 Å². The van der Waals surface area contributed by atoms with E-state index >= 15 is 0 Å². The van der Waals surface area contributed by atoms with Crippen molar-refractivity contribution < 1.29 is 0 Å². The van der Waals surface area contributed by atoms with Gasteiger partial charge in [0.05, 0.1) is 0 Å². The van der Waals surface area contributed by atoms with Crippen LogP contribution in [-0.2, 0) is 0 Å². The van der Waals surface area contributed by atoms with E-state index in [2.05, 4.69) is 15.0 Å². The third kappa shape index (κ3) is 3.55. The lowest BCUT2D eigenvalue weighted by Gasteiger charge is -2.10. The van der Waals surface area contributed by atoms with Gasteiger partial charge in [-0.2, -0.15) is 0 Å². The van der Waals surface area contributed by atoms with Crippen molar-refractivity contribution in [1.29, 1.82) is 0 Å². The Morgan fingerprint density at radius 3 is 1.00 bits per heavy atom. The van der Waals surface area contributed by atoms with Crippen LogP contribution >= 0.6 is 0 Å². The summed E-state index contributed by atoms with van der Waals surface area (Å²) in [6.45, 7) is 0. The first-order chi connectivity index (χ1) is 13.1.